The smallest absolute Gasteiger partial charge is 0.224 e. The molecule has 1 aromatic rings. The third kappa shape index (κ3) is 4.31. The standard InChI is InChI=1S/C18H28N2O/c1-3-14-8-7-11-16(12-14)20-18(21)13(2)17(19)15-9-5-4-6-10-15/h4-6,9-10,13-14,16-17H,3,7-8,11-12,19H2,1-2H3,(H,20,21). The molecule has 1 saturated carbocycles. The largest absolute Gasteiger partial charge is 0.353 e. The minimum absolute atomic E-state index is 0.0908. The Labute approximate surface area is 128 Å². The van der Waals surface area contributed by atoms with Crippen molar-refractivity contribution in [3.8, 4) is 0 Å². The molecule has 0 radical (unpaired) electrons. The Balaban J connectivity index is 1.90. The van der Waals surface area contributed by atoms with Gasteiger partial charge in [0.25, 0.3) is 0 Å². The van der Waals surface area contributed by atoms with Gasteiger partial charge in [0.2, 0.25) is 5.91 Å². The lowest BCUT2D eigenvalue weighted by molar-refractivity contribution is -0.126. The maximum atomic E-state index is 12.4. The Bertz CT molecular complexity index is 446. The highest BCUT2D eigenvalue weighted by Gasteiger charge is 2.27. The number of hydrogen-bond acceptors (Lipinski definition) is 2. The first-order valence-corrected chi connectivity index (χ1v) is 8.22. The zero-order valence-electron chi connectivity index (χ0n) is 13.2. The van der Waals surface area contributed by atoms with Crippen molar-refractivity contribution in [2.24, 2.45) is 17.6 Å². The van der Waals surface area contributed by atoms with Crippen LogP contribution < -0.4 is 11.1 Å². The molecule has 1 amide bonds. The lowest BCUT2D eigenvalue weighted by atomic mass is 9.84. The average molecular weight is 288 g/mol. The molecule has 116 valence electrons. The zero-order valence-corrected chi connectivity index (χ0v) is 13.2. The van der Waals surface area contributed by atoms with E-state index in [0.29, 0.717) is 6.04 Å². The van der Waals surface area contributed by atoms with Crippen molar-refractivity contribution >= 4 is 5.91 Å². The molecule has 0 aliphatic heterocycles. The van der Waals surface area contributed by atoms with Crippen molar-refractivity contribution < 1.29 is 4.79 Å². The quantitative estimate of drug-likeness (QED) is 0.872. The number of hydrogen-bond donors (Lipinski definition) is 2. The summed E-state index contributed by atoms with van der Waals surface area (Å²) in [5.74, 6) is 0.657. The predicted molar refractivity (Wildman–Crippen MR) is 86.7 cm³/mol. The first-order chi connectivity index (χ1) is 10.1. The molecule has 0 spiro atoms. The molecule has 0 aromatic heterocycles. The molecule has 1 aliphatic rings. The average Bonchev–Trinajstić information content (AvgIpc) is 2.54. The van der Waals surface area contributed by atoms with Crippen LogP contribution >= 0.6 is 0 Å². The van der Waals surface area contributed by atoms with E-state index in [1.165, 1.54) is 19.3 Å². The summed E-state index contributed by atoms with van der Waals surface area (Å²) >= 11 is 0. The van der Waals surface area contributed by atoms with Crippen LogP contribution in [0.15, 0.2) is 30.3 Å². The molecule has 4 atom stereocenters. The molecule has 2 rings (SSSR count). The number of nitrogens with one attached hydrogen (secondary N) is 1. The van der Waals surface area contributed by atoms with Gasteiger partial charge in [0.05, 0.1) is 5.92 Å². The summed E-state index contributed by atoms with van der Waals surface area (Å²) in [5, 5.41) is 3.21. The number of benzene rings is 1. The highest BCUT2D eigenvalue weighted by atomic mass is 16.1. The number of carbonyl (C=O) groups is 1. The normalized spacial score (nSPS) is 25.1. The van der Waals surface area contributed by atoms with Gasteiger partial charge < -0.3 is 11.1 Å². The lowest BCUT2D eigenvalue weighted by Gasteiger charge is -2.30. The fraction of sp³-hybridized carbons (Fsp3) is 0.611. The second-order valence-corrected chi connectivity index (χ2v) is 6.37. The van der Waals surface area contributed by atoms with E-state index in [0.717, 1.165) is 24.3 Å². The molecule has 1 fully saturated rings. The summed E-state index contributed by atoms with van der Waals surface area (Å²) in [6.07, 6.45) is 5.97. The van der Waals surface area contributed by atoms with E-state index in [-0.39, 0.29) is 17.9 Å². The molecule has 0 heterocycles. The molecule has 3 heteroatoms. The summed E-state index contributed by atoms with van der Waals surface area (Å²) in [6.45, 7) is 4.16. The summed E-state index contributed by atoms with van der Waals surface area (Å²) in [4.78, 5) is 12.4. The zero-order chi connectivity index (χ0) is 15.2. The monoisotopic (exact) mass is 288 g/mol. The summed E-state index contributed by atoms with van der Waals surface area (Å²) < 4.78 is 0. The Hall–Kier alpha value is -1.35. The van der Waals surface area contributed by atoms with Crippen LogP contribution in [0.5, 0.6) is 0 Å². The first-order valence-electron chi connectivity index (χ1n) is 8.22. The third-order valence-electron chi connectivity index (χ3n) is 4.84. The van der Waals surface area contributed by atoms with Gasteiger partial charge in [-0.25, -0.2) is 0 Å². The van der Waals surface area contributed by atoms with Gasteiger partial charge in [0, 0.05) is 12.1 Å². The van der Waals surface area contributed by atoms with Crippen molar-refractivity contribution in [1.82, 2.24) is 5.32 Å². The fourth-order valence-electron chi connectivity index (χ4n) is 3.25. The van der Waals surface area contributed by atoms with Crippen LogP contribution in [0, 0.1) is 11.8 Å². The van der Waals surface area contributed by atoms with E-state index in [2.05, 4.69) is 12.2 Å². The Morgan fingerprint density at radius 2 is 2.05 bits per heavy atom. The van der Waals surface area contributed by atoms with Crippen LogP contribution in [0.25, 0.3) is 0 Å². The van der Waals surface area contributed by atoms with Gasteiger partial charge in [0.1, 0.15) is 0 Å². The molecule has 3 nitrogen and oxygen atoms in total. The van der Waals surface area contributed by atoms with Gasteiger partial charge >= 0.3 is 0 Å². The molecular formula is C18H28N2O. The SMILES string of the molecule is CCC1CCCC(NC(=O)C(C)C(N)c2ccccc2)C1. The Kier molecular flexibility index (Phi) is 5.80. The third-order valence-corrected chi connectivity index (χ3v) is 4.84. The van der Waals surface area contributed by atoms with E-state index >= 15 is 0 Å². The minimum Gasteiger partial charge on any atom is -0.353 e. The summed E-state index contributed by atoms with van der Waals surface area (Å²) in [7, 11) is 0. The first kappa shape index (κ1) is 16.0. The lowest BCUT2D eigenvalue weighted by Crippen LogP contribution is -2.43. The van der Waals surface area contributed by atoms with Crippen LogP contribution in [0.1, 0.15) is 57.6 Å². The van der Waals surface area contributed by atoms with Gasteiger partial charge in [-0.15, -0.1) is 0 Å². The van der Waals surface area contributed by atoms with E-state index in [4.69, 9.17) is 5.73 Å². The molecular weight excluding hydrogens is 260 g/mol. The Morgan fingerprint density at radius 1 is 1.33 bits per heavy atom. The molecule has 21 heavy (non-hydrogen) atoms. The van der Waals surface area contributed by atoms with Gasteiger partial charge in [-0.05, 0) is 24.3 Å². The fourth-order valence-corrected chi connectivity index (χ4v) is 3.25. The molecule has 0 saturated heterocycles. The highest BCUT2D eigenvalue weighted by molar-refractivity contribution is 5.79. The van der Waals surface area contributed by atoms with Crippen molar-refractivity contribution in [3.05, 3.63) is 35.9 Å². The van der Waals surface area contributed by atoms with Crippen LogP contribution in [-0.2, 0) is 4.79 Å². The molecule has 1 aliphatic carbocycles. The summed E-state index contributed by atoms with van der Waals surface area (Å²) in [5.41, 5.74) is 7.26. The number of rotatable bonds is 5. The van der Waals surface area contributed by atoms with Gasteiger partial charge in [0.15, 0.2) is 0 Å². The second-order valence-electron chi connectivity index (χ2n) is 6.37. The van der Waals surface area contributed by atoms with Crippen molar-refractivity contribution in [1.29, 1.82) is 0 Å². The molecule has 3 N–H and O–H groups in total. The van der Waals surface area contributed by atoms with Crippen LogP contribution in [0.2, 0.25) is 0 Å². The predicted octanol–water partition coefficient (Wildman–Crippen LogP) is 3.41. The van der Waals surface area contributed by atoms with Crippen molar-refractivity contribution in [2.75, 3.05) is 0 Å². The van der Waals surface area contributed by atoms with Gasteiger partial charge in [-0.1, -0.05) is 63.4 Å². The molecule has 4 unspecified atom stereocenters. The van der Waals surface area contributed by atoms with Crippen molar-refractivity contribution in [3.63, 3.8) is 0 Å². The summed E-state index contributed by atoms with van der Waals surface area (Å²) in [6, 6.07) is 9.97. The topological polar surface area (TPSA) is 55.1 Å². The molecule has 1 aromatic carbocycles. The Morgan fingerprint density at radius 3 is 2.71 bits per heavy atom. The number of amides is 1. The number of nitrogens with two attached hydrogens (primary N) is 1. The van der Waals surface area contributed by atoms with Gasteiger partial charge in [-0.2, -0.15) is 0 Å². The van der Waals surface area contributed by atoms with E-state index in [9.17, 15) is 4.79 Å². The van der Waals surface area contributed by atoms with Gasteiger partial charge in [-0.3, -0.25) is 4.79 Å². The van der Waals surface area contributed by atoms with E-state index in [1.807, 2.05) is 37.3 Å². The molecule has 0 bridgehead atoms. The van der Waals surface area contributed by atoms with Crippen LogP contribution in [0.4, 0.5) is 0 Å². The highest BCUT2D eigenvalue weighted by Crippen LogP contribution is 2.27. The second kappa shape index (κ2) is 7.60. The van der Waals surface area contributed by atoms with E-state index < -0.39 is 0 Å². The van der Waals surface area contributed by atoms with E-state index in [1.54, 1.807) is 0 Å². The maximum absolute atomic E-state index is 12.4. The minimum atomic E-state index is -0.239. The van der Waals surface area contributed by atoms with Crippen LogP contribution in [0.3, 0.4) is 0 Å². The van der Waals surface area contributed by atoms with Crippen LogP contribution in [-0.4, -0.2) is 11.9 Å². The van der Waals surface area contributed by atoms with Crippen molar-refractivity contribution in [2.45, 2.75) is 58.0 Å². The number of carbonyl (C=O) groups excluding carboxylic acids is 1. The maximum Gasteiger partial charge on any atom is 0.224 e.